The van der Waals surface area contributed by atoms with Gasteiger partial charge in [0.1, 0.15) is 0 Å². The van der Waals surface area contributed by atoms with Crippen LogP contribution >= 0.6 is 68.0 Å². The zero-order chi connectivity index (χ0) is 18.0. The molecular weight excluding hydrogens is 445 g/mol. The molecule has 0 unspecified atom stereocenters. The highest BCUT2D eigenvalue weighted by molar-refractivity contribution is 7.40. The summed E-state index contributed by atoms with van der Waals surface area (Å²) in [7, 11) is 0. The van der Waals surface area contributed by atoms with Gasteiger partial charge in [0.25, 0.3) is 0 Å². The molecule has 0 fully saturated rings. The van der Waals surface area contributed by atoms with Crippen LogP contribution in [0.5, 0.6) is 0 Å². The van der Waals surface area contributed by atoms with Crippen LogP contribution in [0.2, 0.25) is 0 Å². The third-order valence-electron chi connectivity index (χ3n) is 5.14. The van der Waals surface area contributed by atoms with Crippen LogP contribution in [-0.4, -0.2) is 0 Å². The van der Waals surface area contributed by atoms with Gasteiger partial charge in [0.15, 0.2) is 0 Å². The van der Waals surface area contributed by atoms with Crippen molar-refractivity contribution in [3.8, 4) is 0 Å². The third kappa shape index (κ3) is 1.92. The van der Waals surface area contributed by atoms with E-state index in [9.17, 15) is 0 Å². The summed E-state index contributed by atoms with van der Waals surface area (Å²) < 4.78 is 13.4. The Labute approximate surface area is 178 Å². The molecule has 6 heterocycles. The molecule has 132 valence electrons. The summed E-state index contributed by atoms with van der Waals surface area (Å²) in [6.07, 6.45) is 0. The van der Waals surface area contributed by atoms with E-state index in [1.165, 1.54) is 73.1 Å². The number of rotatable bonds is 0. The number of aryl methyl sites for hydroxylation is 3. The molecule has 0 aliphatic rings. The normalized spacial score (nSPS) is 13.0. The Morgan fingerprint density at radius 3 is 1.00 bits per heavy atom. The zero-order valence-electron chi connectivity index (χ0n) is 14.7. The molecule has 0 radical (unpaired) electrons. The highest BCUT2D eigenvalue weighted by Gasteiger charge is 2.23. The molecule has 0 atom stereocenters. The number of benzene rings is 1. The Kier molecular flexibility index (Phi) is 3.00. The monoisotopic (exact) mass is 456 g/mol. The van der Waals surface area contributed by atoms with Gasteiger partial charge in [-0.1, -0.05) is 0 Å². The average Bonchev–Trinajstić information content (AvgIpc) is 3.35. The highest BCUT2D eigenvalue weighted by Crippen LogP contribution is 2.56. The Hall–Kier alpha value is -1.02. The number of thiophene rings is 6. The lowest BCUT2D eigenvalue weighted by molar-refractivity contribution is 1.66. The van der Waals surface area contributed by atoms with Crippen molar-refractivity contribution in [3.63, 3.8) is 0 Å². The summed E-state index contributed by atoms with van der Waals surface area (Å²) in [4.78, 5) is 4.26. The predicted octanol–water partition coefficient (Wildman–Crippen LogP) is 9.90. The molecule has 6 heteroatoms. The fraction of sp³-hybridized carbons (Fsp3) is 0.143. The molecule has 1 aromatic carbocycles. The van der Waals surface area contributed by atoms with Gasteiger partial charge in [0.05, 0.1) is 14.1 Å². The van der Waals surface area contributed by atoms with Gasteiger partial charge in [0.2, 0.25) is 0 Å². The maximum atomic E-state index is 2.38. The van der Waals surface area contributed by atoms with Crippen LogP contribution in [0.1, 0.15) is 14.6 Å². The van der Waals surface area contributed by atoms with E-state index < -0.39 is 0 Å². The first-order valence-electron chi connectivity index (χ1n) is 8.68. The smallest absolute Gasteiger partial charge is 0.0546 e. The molecule has 0 spiro atoms. The molecule has 27 heavy (non-hydrogen) atoms. The molecule has 7 aromatic rings. The van der Waals surface area contributed by atoms with Crippen molar-refractivity contribution < 1.29 is 0 Å². The topological polar surface area (TPSA) is 0 Å². The van der Waals surface area contributed by atoms with Gasteiger partial charge in [0, 0.05) is 59.0 Å². The fourth-order valence-electron chi connectivity index (χ4n) is 4.16. The lowest BCUT2D eigenvalue weighted by atomic mass is 10.1. The van der Waals surface area contributed by atoms with Crippen LogP contribution in [0.4, 0.5) is 0 Å². The molecular formula is C21H12S6. The van der Waals surface area contributed by atoms with Crippen molar-refractivity contribution in [1.82, 2.24) is 0 Å². The second kappa shape index (κ2) is 5.12. The van der Waals surface area contributed by atoms with E-state index in [4.69, 9.17) is 0 Å². The molecule has 0 nitrogen and oxygen atoms in total. The van der Waals surface area contributed by atoms with Gasteiger partial charge >= 0.3 is 0 Å². The zero-order valence-corrected chi connectivity index (χ0v) is 19.6. The maximum Gasteiger partial charge on any atom is 0.0546 e. The lowest BCUT2D eigenvalue weighted by Gasteiger charge is -1.99. The Balaban J connectivity index is 1.91. The van der Waals surface area contributed by atoms with Crippen molar-refractivity contribution in [1.29, 1.82) is 0 Å². The Morgan fingerprint density at radius 2 is 0.704 bits per heavy atom. The molecule has 6 aromatic heterocycles. The van der Waals surface area contributed by atoms with Crippen LogP contribution < -0.4 is 0 Å². The SMILES string of the molecule is Cc1cc2sc3c(c2s1)c1sc2cc(C)sc2c1c1sc2cc(C)sc2c31. The second-order valence-electron chi connectivity index (χ2n) is 7.07. The van der Waals surface area contributed by atoms with Crippen molar-refractivity contribution in [3.05, 3.63) is 32.8 Å². The number of hydrogen-bond donors (Lipinski definition) is 0. The van der Waals surface area contributed by atoms with Crippen LogP contribution in [0.15, 0.2) is 18.2 Å². The van der Waals surface area contributed by atoms with Crippen molar-refractivity contribution in [2.45, 2.75) is 20.8 Å². The van der Waals surface area contributed by atoms with Crippen molar-refractivity contribution in [2.24, 2.45) is 0 Å². The van der Waals surface area contributed by atoms with E-state index in [0.717, 1.165) is 0 Å². The van der Waals surface area contributed by atoms with Gasteiger partial charge in [-0.3, -0.25) is 0 Å². The lowest BCUT2D eigenvalue weighted by Crippen LogP contribution is -1.70. The fourth-order valence-corrected chi connectivity index (χ4v) is 12.4. The molecule has 0 aliphatic heterocycles. The standard InChI is InChI=1S/C21H12S6/c1-7-4-10-16(22-7)13-19(25-10)14-17-12(6-9(3)23-17)27-21(14)15-18-11(26-20(13)15)5-8(2)24-18/h4-6H,1-3H3. The van der Waals surface area contributed by atoms with E-state index in [2.05, 4.69) is 39.0 Å². The van der Waals surface area contributed by atoms with Crippen molar-refractivity contribution in [2.75, 3.05) is 0 Å². The van der Waals surface area contributed by atoms with E-state index in [-0.39, 0.29) is 0 Å². The van der Waals surface area contributed by atoms with Gasteiger partial charge < -0.3 is 0 Å². The first-order valence-corrected chi connectivity index (χ1v) is 13.6. The minimum Gasteiger partial charge on any atom is -0.139 e. The maximum absolute atomic E-state index is 2.38. The average molecular weight is 457 g/mol. The summed E-state index contributed by atoms with van der Waals surface area (Å²) in [6.45, 7) is 6.71. The Morgan fingerprint density at radius 1 is 0.407 bits per heavy atom. The summed E-state index contributed by atoms with van der Waals surface area (Å²) in [5, 5.41) is 4.56. The summed E-state index contributed by atoms with van der Waals surface area (Å²) in [6, 6.07) is 7.14. The first kappa shape index (κ1) is 15.9. The van der Waals surface area contributed by atoms with E-state index in [0.29, 0.717) is 0 Å². The largest absolute Gasteiger partial charge is 0.139 e. The quantitative estimate of drug-likeness (QED) is 0.213. The molecule has 0 saturated heterocycles. The third-order valence-corrected chi connectivity index (χ3v) is 12.2. The molecule has 0 saturated carbocycles. The molecule has 0 aliphatic carbocycles. The van der Waals surface area contributed by atoms with Gasteiger partial charge in [-0.25, -0.2) is 0 Å². The Bertz CT molecular complexity index is 1470. The summed E-state index contributed by atoms with van der Waals surface area (Å²) in [5.41, 5.74) is 0. The number of hydrogen-bond acceptors (Lipinski definition) is 6. The highest BCUT2D eigenvalue weighted by atomic mass is 32.1. The van der Waals surface area contributed by atoms with Crippen LogP contribution in [0.25, 0.3) is 58.5 Å². The minimum atomic E-state index is 1.42. The van der Waals surface area contributed by atoms with Gasteiger partial charge in [-0.2, -0.15) is 0 Å². The van der Waals surface area contributed by atoms with Gasteiger partial charge in [-0.05, 0) is 39.0 Å². The van der Waals surface area contributed by atoms with E-state index in [1.807, 2.05) is 68.0 Å². The summed E-state index contributed by atoms with van der Waals surface area (Å²) in [5.74, 6) is 0. The predicted molar refractivity (Wildman–Crippen MR) is 133 cm³/mol. The molecule has 0 bridgehead atoms. The molecule has 7 rings (SSSR count). The number of fused-ring (bicyclic) bond motifs is 12. The molecule has 0 amide bonds. The minimum absolute atomic E-state index is 1.42. The van der Waals surface area contributed by atoms with E-state index >= 15 is 0 Å². The van der Waals surface area contributed by atoms with Crippen LogP contribution in [0.3, 0.4) is 0 Å². The second-order valence-corrected chi connectivity index (χ2v) is 14.0. The molecule has 0 N–H and O–H groups in total. The first-order chi connectivity index (χ1) is 13.1. The summed E-state index contributed by atoms with van der Waals surface area (Å²) >= 11 is 11.9. The van der Waals surface area contributed by atoms with Crippen LogP contribution in [0, 0.1) is 20.8 Å². The van der Waals surface area contributed by atoms with Crippen LogP contribution in [-0.2, 0) is 0 Å². The van der Waals surface area contributed by atoms with Gasteiger partial charge in [-0.15, -0.1) is 68.0 Å². The van der Waals surface area contributed by atoms with E-state index in [1.54, 1.807) is 0 Å². The van der Waals surface area contributed by atoms with Crippen molar-refractivity contribution >= 4 is 126 Å².